The maximum atomic E-state index is 13.2. The number of alkyl halides is 4. The van der Waals surface area contributed by atoms with E-state index in [-0.39, 0.29) is 18.2 Å². The Morgan fingerprint density at radius 2 is 2.09 bits per heavy atom. The van der Waals surface area contributed by atoms with Gasteiger partial charge < -0.3 is 9.72 Å². The van der Waals surface area contributed by atoms with Crippen molar-refractivity contribution in [1.82, 2.24) is 9.97 Å². The molecular formula is C14H10ClF3N2OS. The van der Waals surface area contributed by atoms with Crippen LogP contribution in [0.2, 0.25) is 0 Å². The molecule has 0 aliphatic carbocycles. The lowest BCUT2D eigenvalue weighted by Gasteiger charge is -2.13. The van der Waals surface area contributed by atoms with Crippen LogP contribution in [0.25, 0.3) is 10.9 Å². The van der Waals surface area contributed by atoms with Crippen LogP contribution in [0, 0.1) is 0 Å². The molecule has 0 atom stereocenters. The van der Waals surface area contributed by atoms with Crippen LogP contribution >= 0.6 is 22.9 Å². The van der Waals surface area contributed by atoms with Crippen LogP contribution in [0.1, 0.15) is 17.0 Å². The number of hydrogen-bond acceptors (Lipinski definition) is 3. The molecule has 0 radical (unpaired) electrons. The van der Waals surface area contributed by atoms with Gasteiger partial charge in [0, 0.05) is 28.0 Å². The number of H-pyrrole nitrogens is 1. The van der Waals surface area contributed by atoms with Crippen molar-refractivity contribution in [2.24, 2.45) is 0 Å². The zero-order valence-corrected chi connectivity index (χ0v) is 12.6. The van der Waals surface area contributed by atoms with Crippen LogP contribution in [0.5, 0.6) is 5.75 Å². The van der Waals surface area contributed by atoms with E-state index < -0.39 is 11.7 Å². The summed E-state index contributed by atoms with van der Waals surface area (Å²) >= 11 is 7.06. The lowest BCUT2D eigenvalue weighted by Crippen LogP contribution is -2.09. The first-order valence-electron chi connectivity index (χ1n) is 6.26. The number of benzene rings is 1. The van der Waals surface area contributed by atoms with Gasteiger partial charge in [-0.1, -0.05) is 0 Å². The normalized spacial score (nSPS) is 12.0. The maximum Gasteiger partial charge on any atom is 0.419 e. The molecule has 0 aliphatic heterocycles. The molecule has 0 amide bonds. The zero-order chi connectivity index (χ0) is 15.7. The standard InChI is InChI=1S/C14H10ClF3N2OS/c15-4-9-1-8-2-11(14(16,17)18)13(3-12(8)20-9)21-5-10-6-22-7-19-10/h1-3,6-7,20H,4-5H2. The van der Waals surface area contributed by atoms with Crippen LogP contribution in [-0.2, 0) is 18.7 Å². The van der Waals surface area contributed by atoms with Crippen LogP contribution in [0.3, 0.4) is 0 Å². The Morgan fingerprint density at radius 3 is 2.73 bits per heavy atom. The first-order chi connectivity index (χ1) is 10.5. The SMILES string of the molecule is FC(F)(F)c1cc2cc(CCl)[nH]c2cc1OCc1cscn1. The van der Waals surface area contributed by atoms with Crippen molar-refractivity contribution in [3.05, 3.63) is 46.0 Å². The van der Waals surface area contributed by atoms with Gasteiger partial charge in [-0.05, 0) is 12.1 Å². The molecule has 116 valence electrons. The zero-order valence-electron chi connectivity index (χ0n) is 11.1. The Morgan fingerprint density at radius 1 is 1.27 bits per heavy atom. The Hall–Kier alpha value is -1.73. The summed E-state index contributed by atoms with van der Waals surface area (Å²) < 4.78 is 44.9. The Balaban J connectivity index is 2.01. The Labute approximate surface area is 132 Å². The molecule has 2 heterocycles. The van der Waals surface area contributed by atoms with Crippen LogP contribution in [0.15, 0.2) is 29.1 Å². The van der Waals surface area contributed by atoms with E-state index in [1.807, 2.05) is 0 Å². The molecule has 2 aromatic heterocycles. The maximum absolute atomic E-state index is 13.2. The van der Waals surface area contributed by atoms with Gasteiger partial charge in [0.25, 0.3) is 0 Å². The highest BCUT2D eigenvalue weighted by molar-refractivity contribution is 7.07. The van der Waals surface area contributed by atoms with Crippen molar-refractivity contribution < 1.29 is 17.9 Å². The number of hydrogen-bond donors (Lipinski definition) is 1. The van der Waals surface area contributed by atoms with Crippen molar-refractivity contribution in [1.29, 1.82) is 0 Å². The number of halogens is 4. The molecule has 8 heteroatoms. The van der Waals surface area contributed by atoms with Crippen molar-refractivity contribution in [3.8, 4) is 5.75 Å². The monoisotopic (exact) mass is 346 g/mol. The molecular weight excluding hydrogens is 337 g/mol. The second kappa shape index (κ2) is 5.81. The lowest BCUT2D eigenvalue weighted by atomic mass is 10.1. The lowest BCUT2D eigenvalue weighted by molar-refractivity contribution is -0.138. The fourth-order valence-electron chi connectivity index (χ4n) is 2.09. The largest absolute Gasteiger partial charge is 0.487 e. The molecule has 22 heavy (non-hydrogen) atoms. The van der Waals surface area contributed by atoms with E-state index in [0.29, 0.717) is 22.3 Å². The van der Waals surface area contributed by atoms with Gasteiger partial charge in [-0.15, -0.1) is 22.9 Å². The minimum atomic E-state index is -4.50. The molecule has 0 saturated heterocycles. The van der Waals surface area contributed by atoms with Crippen molar-refractivity contribution in [3.63, 3.8) is 0 Å². The minimum Gasteiger partial charge on any atom is -0.487 e. The second-order valence-corrected chi connectivity index (χ2v) is 5.62. The summed E-state index contributed by atoms with van der Waals surface area (Å²) in [6, 6.07) is 4.01. The van der Waals surface area contributed by atoms with E-state index in [1.54, 1.807) is 17.0 Å². The van der Waals surface area contributed by atoms with Crippen molar-refractivity contribution in [2.75, 3.05) is 0 Å². The van der Waals surface area contributed by atoms with Gasteiger partial charge >= 0.3 is 6.18 Å². The fraction of sp³-hybridized carbons (Fsp3) is 0.214. The highest BCUT2D eigenvalue weighted by Gasteiger charge is 2.35. The molecule has 0 spiro atoms. The number of aromatic nitrogens is 2. The topological polar surface area (TPSA) is 37.9 Å². The highest BCUT2D eigenvalue weighted by Crippen LogP contribution is 2.39. The molecule has 3 rings (SSSR count). The fourth-order valence-corrected chi connectivity index (χ4v) is 2.78. The van der Waals surface area contributed by atoms with Gasteiger partial charge in [-0.25, -0.2) is 4.98 Å². The molecule has 1 N–H and O–H groups in total. The third-order valence-corrected chi connectivity index (χ3v) is 4.01. The number of fused-ring (bicyclic) bond motifs is 1. The molecule has 3 aromatic rings. The van der Waals surface area contributed by atoms with Crippen LogP contribution < -0.4 is 4.74 Å². The van der Waals surface area contributed by atoms with E-state index >= 15 is 0 Å². The van der Waals surface area contributed by atoms with Crippen molar-refractivity contribution >= 4 is 33.8 Å². The van der Waals surface area contributed by atoms with E-state index in [0.717, 1.165) is 6.07 Å². The number of rotatable bonds is 4. The molecule has 0 bridgehead atoms. The first kappa shape index (κ1) is 15.2. The van der Waals surface area contributed by atoms with Gasteiger partial charge in [0.1, 0.15) is 12.4 Å². The summed E-state index contributed by atoms with van der Waals surface area (Å²) in [4.78, 5) is 6.95. The number of nitrogens with one attached hydrogen (secondary N) is 1. The number of nitrogens with zero attached hydrogens (tertiary/aromatic N) is 1. The predicted octanol–water partition coefficient (Wildman–Crippen LogP) is 4.96. The molecule has 0 aliphatic rings. The van der Waals surface area contributed by atoms with E-state index in [9.17, 15) is 13.2 Å². The van der Waals surface area contributed by atoms with Gasteiger partial charge in [-0.2, -0.15) is 13.2 Å². The average molecular weight is 347 g/mol. The summed E-state index contributed by atoms with van der Waals surface area (Å²) in [6.07, 6.45) is -4.50. The number of ether oxygens (including phenoxy) is 1. The summed E-state index contributed by atoms with van der Waals surface area (Å²) in [7, 11) is 0. The summed E-state index contributed by atoms with van der Waals surface area (Å²) in [5, 5.41) is 2.18. The summed E-state index contributed by atoms with van der Waals surface area (Å²) in [5.41, 5.74) is 2.59. The molecule has 3 nitrogen and oxygen atoms in total. The number of thiazole rings is 1. The number of aromatic amines is 1. The Kier molecular flexibility index (Phi) is 4.01. The second-order valence-electron chi connectivity index (χ2n) is 4.63. The molecule has 1 aromatic carbocycles. The average Bonchev–Trinajstić information content (AvgIpc) is 3.11. The summed E-state index contributed by atoms with van der Waals surface area (Å²) in [5.74, 6) is -0.0265. The predicted molar refractivity (Wildman–Crippen MR) is 79.3 cm³/mol. The molecule has 0 saturated carbocycles. The van der Waals surface area contributed by atoms with E-state index in [2.05, 4.69) is 9.97 Å². The minimum absolute atomic E-state index is 0.0127. The van der Waals surface area contributed by atoms with Crippen LogP contribution in [0.4, 0.5) is 13.2 Å². The van der Waals surface area contributed by atoms with Gasteiger partial charge in [-0.3, -0.25) is 0 Å². The summed E-state index contributed by atoms with van der Waals surface area (Å²) in [6.45, 7) is -0.0127. The Bertz CT molecular complexity index is 783. The van der Waals surface area contributed by atoms with Crippen molar-refractivity contribution in [2.45, 2.75) is 18.7 Å². The first-order valence-corrected chi connectivity index (χ1v) is 7.74. The molecule has 0 fully saturated rings. The van der Waals surface area contributed by atoms with Gasteiger partial charge in [0.15, 0.2) is 0 Å². The molecule has 0 unspecified atom stereocenters. The van der Waals surface area contributed by atoms with E-state index in [4.69, 9.17) is 16.3 Å². The highest BCUT2D eigenvalue weighted by atomic mass is 35.5. The third-order valence-electron chi connectivity index (χ3n) is 3.09. The third kappa shape index (κ3) is 3.05. The van der Waals surface area contributed by atoms with Gasteiger partial charge in [0.05, 0.1) is 22.6 Å². The van der Waals surface area contributed by atoms with Gasteiger partial charge in [0.2, 0.25) is 0 Å². The quantitative estimate of drug-likeness (QED) is 0.678. The smallest absolute Gasteiger partial charge is 0.419 e. The van der Waals surface area contributed by atoms with E-state index in [1.165, 1.54) is 17.4 Å². The van der Waals surface area contributed by atoms with Crippen LogP contribution in [-0.4, -0.2) is 9.97 Å².